The first kappa shape index (κ1) is 20.0. The Morgan fingerprint density at radius 1 is 0.867 bits per heavy atom. The predicted octanol–water partition coefficient (Wildman–Crippen LogP) is 3.55. The Kier molecular flexibility index (Phi) is 6.61. The van der Waals surface area contributed by atoms with E-state index in [1.807, 2.05) is 36.7 Å². The molecule has 0 amide bonds. The second-order valence-corrected chi connectivity index (χ2v) is 7.80. The monoisotopic (exact) mass is 415 g/mol. The summed E-state index contributed by atoms with van der Waals surface area (Å²) in [5, 5.41) is 0.723. The maximum atomic E-state index is 12.7. The van der Waals surface area contributed by atoms with Gasteiger partial charge in [0.25, 0.3) is 5.56 Å². The van der Waals surface area contributed by atoms with Crippen molar-refractivity contribution in [1.82, 2.24) is 24.5 Å². The summed E-state index contributed by atoms with van der Waals surface area (Å²) >= 11 is 1.58. The van der Waals surface area contributed by atoms with Gasteiger partial charge in [0.1, 0.15) is 6.33 Å². The van der Waals surface area contributed by atoms with Crippen LogP contribution in [-0.2, 0) is 25.1 Å². The lowest BCUT2D eigenvalue weighted by molar-refractivity contribution is 0.594. The molecule has 0 spiro atoms. The van der Waals surface area contributed by atoms with Crippen LogP contribution in [0.4, 0.5) is 0 Å². The average Bonchev–Trinajstić information content (AvgIpc) is 2.80. The van der Waals surface area contributed by atoms with E-state index in [2.05, 4.69) is 42.7 Å². The van der Waals surface area contributed by atoms with Gasteiger partial charge in [-0.05, 0) is 29.2 Å². The van der Waals surface area contributed by atoms with Gasteiger partial charge in [-0.2, -0.15) is 4.98 Å². The lowest BCUT2D eigenvalue weighted by atomic mass is 10.1. The molecule has 0 aliphatic carbocycles. The van der Waals surface area contributed by atoms with Crippen molar-refractivity contribution in [2.45, 2.75) is 30.3 Å². The number of hydrogen-bond donors (Lipinski definition) is 0. The van der Waals surface area contributed by atoms with Crippen molar-refractivity contribution in [3.8, 4) is 0 Å². The van der Waals surface area contributed by atoms with E-state index in [9.17, 15) is 4.79 Å². The van der Waals surface area contributed by atoms with Gasteiger partial charge in [-0.15, -0.1) is 0 Å². The number of hydrogen-bond acceptors (Lipinski definition) is 6. The highest BCUT2D eigenvalue weighted by Crippen LogP contribution is 2.21. The van der Waals surface area contributed by atoms with E-state index in [-0.39, 0.29) is 5.56 Å². The number of benzene rings is 1. The molecule has 0 aliphatic rings. The maximum Gasteiger partial charge on any atom is 0.277 e. The number of rotatable bonds is 8. The minimum Gasteiger partial charge on any atom is -0.327 e. The zero-order valence-corrected chi connectivity index (χ0v) is 17.2. The standard InChI is InChI=1S/C23H21N5OS/c29-22-21(11-20-13-25-17-26-14-20)15-28(10-8-18-7-4-9-24-12-18)23(27-22)30-16-19-5-2-1-3-6-19/h1-7,9,12-15,17H,8,10-11,16H2. The average molecular weight is 416 g/mol. The van der Waals surface area contributed by atoms with E-state index in [0.29, 0.717) is 18.5 Å². The molecule has 0 N–H and O–H groups in total. The van der Waals surface area contributed by atoms with Crippen LogP contribution in [0, 0.1) is 0 Å². The highest BCUT2D eigenvalue weighted by atomic mass is 32.2. The maximum absolute atomic E-state index is 12.7. The van der Waals surface area contributed by atoms with Gasteiger partial charge >= 0.3 is 0 Å². The summed E-state index contributed by atoms with van der Waals surface area (Å²) in [6.45, 7) is 0.717. The van der Waals surface area contributed by atoms with Crippen LogP contribution >= 0.6 is 11.8 Å². The predicted molar refractivity (Wildman–Crippen MR) is 117 cm³/mol. The van der Waals surface area contributed by atoms with Crippen molar-refractivity contribution in [2.75, 3.05) is 0 Å². The van der Waals surface area contributed by atoms with Crippen LogP contribution in [0.3, 0.4) is 0 Å². The molecular weight excluding hydrogens is 394 g/mol. The highest BCUT2D eigenvalue weighted by molar-refractivity contribution is 7.98. The smallest absolute Gasteiger partial charge is 0.277 e. The Morgan fingerprint density at radius 3 is 2.40 bits per heavy atom. The fraction of sp³-hybridized carbons (Fsp3) is 0.174. The fourth-order valence-electron chi connectivity index (χ4n) is 3.08. The van der Waals surface area contributed by atoms with Crippen LogP contribution in [0.2, 0.25) is 0 Å². The number of nitrogens with zero attached hydrogens (tertiary/aromatic N) is 5. The van der Waals surface area contributed by atoms with E-state index >= 15 is 0 Å². The number of aromatic nitrogens is 5. The van der Waals surface area contributed by atoms with Gasteiger partial charge in [0.05, 0.1) is 0 Å². The summed E-state index contributed by atoms with van der Waals surface area (Å²) in [6.07, 6.45) is 11.8. The van der Waals surface area contributed by atoms with Gasteiger partial charge in [0, 0.05) is 55.3 Å². The zero-order chi connectivity index (χ0) is 20.6. The molecule has 0 saturated heterocycles. The minimum atomic E-state index is -0.202. The van der Waals surface area contributed by atoms with Crippen molar-refractivity contribution in [3.05, 3.63) is 112 Å². The van der Waals surface area contributed by atoms with Gasteiger partial charge in [-0.3, -0.25) is 9.78 Å². The number of aryl methyl sites for hydroxylation is 2. The summed E-state index contributed by atoms with van der Waals surface area (Å²) in [6, 6.07) is 14.2. The summed E-state index contributed by atoms with van der Waals surface area (Å²) < 4.78 is 2.07. The normalized spacial score (nSPS) is 10.8. The molecule has 0 bridgehead atoms. The lowest BCUT2D eigenvalue weighted by Crippen LogP contribution is -2.20. The molecule has 0 unspecified atom stereocenters. The van der Waals surface area contributed by atoms with Crippen LogP contribution in [0.1, 0.15) is 22.3 Å². The van der Waals surface area contributed by atoms with Crippen molar-refractivity contribution in [3.63, 3.8) is 0 Å². The van der Waals surface area contributed by atoms with Gasteiger partial charge in [0.15, 0.2) is 5.16 Å². The summed E-state index contributed by atoms with van der Waals surface area (Å²) in [4.78, 5) is 29.4. The highest BCUT2D eigenvalue weighted by Gasteiger charge is 2.11. The first-order valence-corrected chi connectivity index (χ1v) is 10.7. The van der Waals surface area contributed by atoms with Crippen molar-refractivity contribution < 1.29 is 0 Å². The number of thioether (sulfide) groups is 1. The second-order valence-electron chi connectivity index (χ2n) is 6.86. The van der Waals surface area contributed by atoms with Gasteiger partial charge < -0.3 is 4.57 Å². The van der Waals surface area contributed by atoms with Crippen LogP contribution in [0.15, 0.2) is 89.7 Å². The molecular formula is C23H21N5OS. The van der Waals surface area contributed by atoms with Crippen molar-refractivity contribution >= 4 is 11.8 Å². The molecule has 0 radical (unpaired) electrons. The quantitative estimate of drug-likeness (QED) is 0.324. The summed E-state index contributed by atoms with van der Waals surface area (Å²) in [7, 11) is 0. The third kappa shape index (κ3) is 5.39. The third-order valence-corrected chi connectivity index (χ3v) is 5.67. The second kappa shape index (κ2) is 9.93. The Labute approximate surface area is 179 Å². The van der Waals surface area contributed by atoms with Crippen LogP contribution < -0.4 is 5.56 Å². The van der Waals surface area contributed by atoms with E-state index in [1.165, 1.54) is 11.9 Å². The largest absolute Gasteiger partial charge is 0.327 e. The van der Waals surface area contributed by atoms with E-state index in [4.69, 9.17) is 0 Å². The van der Waals surface area contributed by atoms with Gasteiger partial charge in [0.2, 0.25) is 0 Å². The first-order valence-electron chi connectivity index (χ1n) is 9.68. The SMILES string of the molecule is O=c1nc(SCc2ccccc2)n(CCc2cccnc2)cc1Cc1cncnc1. The zero-order valence-electron chi connectivity index (χ0n) is 16.4. The Balaban J connectivity index is 1.59. The third-order valence-electron chi connectivity index (χ3n) is 4.61. The Hall–Kier alpha value is -3.32. The molecule has 150 valence electrons. The van der Waals surface area contributed by atoms with Crippen LogP contribution in [0.5, 0.6) is 0 Å². The molecule has 0 atom stereocenters. The Bertz CT molecular complexity index is 1130. The molecule has 0 fully saturated rings. The molecule has 4 aromatic rings. The van der Waals surface area contributed by atoms with Gasteiger partial charge in [-0.1, -0.05) is 48.2 Å². The first-order chi connectivity index (χ1) is 14.8. The molecule has 7 heteroatoms. The minimum absolute atomic E-state index is 0.202. The molecule has 3 heterocycles. The molecule has 6 nitrogen and oxygen atoms in total. The molecule has 1 aromatic carbocycles. The fourth-order valence-corrected chi connectivity index (χ4v) is 4.02. The molecule has 3 aromatic heterocycles. The van der Waals surface area contributed by atoms with E-state index in [0.717, 1.165) is 28.5 Å². The van der Waals surface area contributed by atoms with Crippen LogP contribution in [-0.4, -0.2) is 24.5 Å². The van der Waals surface area contributed by atoms with E-state index in [1.54, 1.807) is 30.4 Å². The summed E-state index contributed by atoms with van der Waals surface area (Å²) in [5.74, 6) is 0.756. The van der Waals surface area contributed by atoms with Crippen molar-refractivity contribution in [1.29, 1.82) is 0 Å². The summed E-state index contributed by atoms with van der Waals surface area (Å²) in [5.41, 5.74) is 3.67. The van der Waals surface area contributed by atoms with Gasteiger partial charge in [-0.25, -0.2) is 9.97 Å². The number of pyridine rings is 1. The molecule has 30 heavy (non-hydrogen) atoms. The lowest BCUT2D eigenvalue weighted by Gasteiger charge is -2.14. The molecule has 0 aliphatic heterocycles. The van der Waals surface area contributed by atoms with Crippen LogP contribution in [0.25, 0.3) is 0 Å². The Morgan fingerprint density at radius 2 is 1.63 bits per heavy atom. The topological polar surface area (TPSA) is 73.6 Å². The van der Waals surface area contributed by atoms with Crippen molar-refractivity contribution in [2.24, 2.45) is 0 Å². The molecule has 4 rings (SSSR count). The van der Waals surface area contributed by atoms with E-state index < -0.39 is 0 Å². The molecule has 0 saturated carbocycles.